The van der Waals surface area contributed by atoms with Crippen molar-refractivity contribution in [2.45, 2.75) is 44.6 Å². The van der Waals surface area contributed by atoms with Crippen LogP contribution < -0.4 is 0 Å². The molecular formula is C22H29N5S2. The minimum atomic E-state index is 0.615. The van der Waals surface area contributed by atoms with Crippen molar-refractivity contribution in [1.29, 1.82) is 0 Å². The van der Waals surface area contributed by atoms with Gasteiger partial charge in [0.15, 0.2) is 0 Å². The molecule has 1 aliphatic carbocycles. The van der Waals surface area contributed by atoms with E-state index in [9.17, 15) is 0 Å². The number of thiazole rings is 1. The number of hydrogen-bond acceptors (Lipinski definition) is 6. The molecule has 2 aliphatic rings. The molecule has 1 aliphatic heterocycles. The van der Waals surface area contributed by atoms with E-state index >= 15 is 0 Å². The van der Waals surface area contributed by atoms with Crippen LogP contribution in [-0.4, -0.2) is 63.0 Å². The van der Waals surface area contributed by atoms with E-state index in [2.05, 4.69) is 59.2 Å². The maximum atomic E-state index is 4.77. The minimum absolute atomic E-state index is 0.615. The zero-order chi connectivity index (χ0) is 20.0. The number of fused-ring (bicyclic) bond motifs is 1. The van der Waals surface area contributed by atoms with Gasteiger partial charge >= 0.3 is 0 Å². The molecule has 0 N–H and O–H groups in total. The minimum Gasteiger partial charge on any atom is -0.304 e. The van der Waals surface area contributed by atoms with E-state index in [-0.39, 0.29) is 0 Å². The molecule has 0 amide bonds. The van der Waals surface area contributed by atoms with Gasteiger partial charge in [0.1, 0.15) is 5.65 Å². The number of aromatic nitrogens is 3. The third-order valence-electron chi connectivity index (χ3n) is 6.76. The third-order valence-corrected chi connectivity index (χ3v) is 7.84. The summed E-state index contributed by atoms with van der Waals surface area (Å²) in [6.45, 7) is 6.92. The molecule has 4 heterocycles. The molecule has 5 rings (SSSR count). The molecule has 0 radical (unpaired) electrons. The standard InChI is InChI=1S/C22H29N5S2/c1-15-24-21(14-29-15)20-13-27(28)22-19(20)11-17(12-23-22)16-3-5-18(6-4-16)26-9-7-25(2)8-10-26/h11-14,16,18,28H,3-10H2,1-2H3/t16-,18+. The monoisotopic (exact) mass is 427 g/mol. The third kappa shape index (κ3) is 3.85. The van der Waals surface area contributed by atoms with Crippen molar-refractivity contribution in [1.82, 2.24) is 23.7 Å². The Morgan fingerprint density at radius 3 is 2.55 bits per heavy atom. The lowest BCUT2D eigenvalue weighted by atomic mass is 9.81. The van der Waals surface area contributed by atoms with Crippen molar-refractivity contribution < 1.29 is 0 Å². The van der Waals surface area contributed by atoms with E-state index in [4.69, 9.17) is 4.98 Å². The SMILES string of the molecule is Cc1nc(-c2cn(S)c3ncc([C@H]4CC[C@@H](N5CCN(C)CC5)CC4)cc23)cs1. The average Bonchev–Trinajstić information content (AvgIpc) is 3.31. The van der Waals surface area contributed by atoms with Gasteiger partial charge in [-0.05, 0) is 57.2 Å². The molecule has 1 saturated heterocycles. The van der Waals surface area contributed by atoms with Crippen molar-refractivity contribution in [3.63, 3.8) is 0 Å². The second-order valence-corrected chi connectivity index (χ2v) is 10.1. The van der Waals surface area contributed by atoms with Gasteiger partial charge in [0.05, 0.1) is 10.7 Å². The second-order valence-electron chi connectivity index (χ2n) is 8.62. The molecule has 3 aromatic rings. The summed E-state index contributed by atoms with van der Waals surface area (Å²) in [7, 11) is 2.23. The second kappa shape index (κ2) is 8.02. The molecule has 0 aromatic carbocycles. The molecule has 3 aromatic heterocycles. The summed E-state index contributed by atoms with van der Waals surface area (Å²) in [6, 6.07) is 3.11. The fourth-order valence-corrected chi connectivity index (χ4v) is 5.87. The molecule has 0 bridgehead atoms. The number of hydrogen-bond donors (Lipinski definition) is 1. The first-order valence-corrected chi connectivity index (χ1v) is 11.9. The Hall–Kier alpha value is -1.41. The smallest absolute Gasteiger partial charge is 0.150 e. The highest BCUT2D eigenvalue weighted by atomic mass is 32.1. The first-order chi connectivity index (χ1) is 14.1. The summed E-state index contributed by atoms with van der Waals surface area (Å²) in [6.07, 6.45) is 9.25. The lowest BCUT2D eigenvalue weighted by Gasteiger charge is -2.41. The molecule has 0 unspecified atom stereocenters. The summed E-state index contributed by atoms with van der Waals surface area (Å²) in [5.74, 6) is 0.615. The summed E-state index contributed by atoms with van der Waals surface area (Å²) >= 11 is 6.28. The van der Waals surface area contributed by atoms with Crippen LogP contribution in [0.25, 0.3) is 22.3 Å². The Labute approximate surface area is 182 Å². The van der Waals surface area contributed by atoms with Crippen LogP contribution >= 0.6 is 24.2 Å². The van der Waals surface area contributed by atoms with Gasteiger partial charge in [-0.2, -0.15) is 0 Å². The molecule has 0 spiro atoms. The summed E-state index contributed by atoms with van der Waals surface area (Å²) in [5.41, 5.74) is 4.47. The number of piperazine rings is 1. The van der Waals surface area contributed by atoms with Gasteiger partial charge in [-0.25, -0.2) is 9.97 Å². The van der Waals surface area contributed by atoms with Crippen molar-refractivity contribution in [3.05, 3.63) is 34.4 Å². The van der Waals surface area contributed by atoms with Gasteiger partial charge in [-0.1, -0.05) is 12.8 Å². The van der Waals surface area contributed by atoms with Crippen molar-refractivity contribution in [2.75, 3.05) is 33.2 Å². The lowest BCUT2D eigenvalue weighted by Crippen LogP contribution is -2.49. The Bertz CT molecular complexity index is 994. The predicted molar refractivity (Wildman–Crippen MR) is 124 cm³/mol. The van der Waals surface area contributed by atoms with Crippen molar-refractivity contribution >= 4 is 35.2 Å². The topological polar surface area (TPSA) is 37.2 Å². The highest BCUT2D eigenvalue weighted by Crippen LogP contribution is 2.38. The van der Waals surface area contributed by atoms with Crippen LogP contribution in [0.1, 0.15) is 42.2 Å². The van der Waals surface area contributed by atoms with Crippen molar-refractivity contribution in [3.8, 4) is 11.3 Å². The van der Waals surface area contributed by atoms with Gasteiger partial charge < -0.3 is 4.90 Å². The van der Waals surface area contributed by atoms with Crippen LogP contribution in [0.15, 0.2) is 23.8 Å². The fourth-order valence-electron chi connectivity index (χ4n) is 4.98. The number of thiol groups is 1. The molecule has 7 heteroatoms. The van der Waals surface area contributed by atoms with Gasteiger partial charge in [-0.15, -0.1) is 11.3 Å². The fraction of sp³-hybridized carbons (Fsp3) is 0.545. The first-order valence-electron chi connectivity index (χ1n) is 10.6. The van der Waals surface area contributed by atoms with Crippen molar-refractivity contribution in [2.24, 2.45) is 0 Å². The average molecular weight is 428 g/mol. The van der Waals surface area contributed by atoms with Crippen LogP contribution in [-0.2, 0) is 0 Å². The van der Waals surface area contributed by atoms with Crippen LogP contribution in [0.3, 0.4) is 0 Å². The maximum Gasteiger partial charge on any atom is 0.150 e. The van der Waals surface area contributed by atoms with E-state index < -0.39 is 0 Å². The highest BCUT2D eigenvalue weighted by molar-refractivity contribution is 7.78. The van der Waals surface area contributed by atoms with Crippen LogP contribution in [0.4, 0.5) is 0 Å². The molecular weight excluding hydrogens is 398 g/mol. The predicted octanol–water partition coefficient (Wildman–Crippen LogP) is 4.43. The normalized spacial score (nSPS) is 24.4. The largest absolute Gasteiger partial charge is 0.304 e. The number of pyridine rings is 1. The quantitative estimate of drug-likeness (QED) is 0.627. The number of likely N-dealkylation sites (N-methyl/N-ethyl adjacent to an activating group) is 1. The zero-order valence-electron chi connectivity index (χ0n) is 17.2. The molecule has 2 fully saturated rings. The van der Waals surface area contributed by atoms with Gasteiger partial charge in [0.25, 0.3) is 0 Å². The summed E-state index contributed by atoms with van der Waals surface area (Å²) < 4.78 is 1.83. The highest BCUT2D eigenvalue weighted by Gasteiger charge is 2.28. The summed E-state index contributed by atoms with van der Waals surface area (Å²) in [5, 5.41) is 4.39. The van der Waals surface area contributed by atoms with Crippen LogP contribution in [0.2, 0.25) is 0 Å². The van der Waals surface area contributed by atoms with E-state index in [0.29, 0.717) is 5.92 Å². The molecule has 0 atom stereocenters. The van der Waals surface area contributed by atoms with E-state index in [1.165, 1.54) is 62.8 Å². The Kier molecular flexibility index (Phi) is 5.41. The van der Waals surface area contributed by atoms with Gasteiger partial charge in [-0.3, -0.25) is 8.87 Å². The van der Waals surface area contributed by atoms with E-state index in [1.807, 2.05) is 10.2 Å². The molecule has 154 valence electrons. The number of rotatable bonds is 3. The lowest BCUT2D eigenvalue weighted by molar-refractivity contribution is 0.0878. The van der Waals surface area contributed by atoms with Crippen LogP contribution in [0.5, 0.6) is 0 Å². The van der Waals surface area contributed by atoms with E-state index in [0.717, 1.165) is 28.0 Å². The van der Waals surface area contributed by atoms with E-state index in [1.54, 1.807) is 11.3 Å². The summed E-state index contributed by atoms with van der Waals surface area (Å²) in [4.78, 5) is 14.6. The van der Waals surface area contributed by atoms with Gasteiger partial charge in [0, 0.05) is 60.9 Å². The Morgan fingerprint density at radius 2 is 1.86 bits per heavy atom. The Balaban J connectivity index is 1.35. The number of aryl methyl sites for hydroxylation is 1. The first kappa shape index (κ1) is 19.5. The van der Waals surface area contributed by atoms with Crippen LogP contribution in [0, 0.1) is 6.92 Å². The zero-order valence-corrected chi connectivity index (χ0v) is 18.9. The molecule has 5 nitrogen and oxygen atoms in total. The number of nitrogens with zero attached hydrogens (tertiary/aromatic N) is 5. The molecule has 1 saturated carbocycles. The molecule has 29 heavy (non-hydrogen) atoms. The Morgan fingerprint density at radius 1 is 1.10 bits per heavy atom. The van der Waals surface area contributed by atoms with Gasteiger partial charge in [0.2, 0.25) is 0 Å². The maximum absolute atomic E-state index is 4.77.